The summed E-state index contributed by atoms with van der Waals surface area (Å²) in [6.07, 6.45) is 2.72. The van der Waals surface area contributed by atoms with E-state index >= 15 is 0 Å². The SMILES string of the molecule is C/C=N\Nc1cc2c(cc1F)c(=O)c(C(=O)O)cn2CC. The molecule has 1 aromatic heterocycles. The van der Waals surface area contributed by atoms with Crippen LogP contribution in [0.1, 0.15) is 24.2 Å². The zero-order chi connectivity index (χ0) is 15.6. The van der Waals surface area contributed by atoms with Crippen molar-refractivity contribution in [2.45, 2.75) is 20.4 Å². The standard InChI is InChI=1S/C14H14FN3O3/c1-3-16-17-11-6-12-8(5-10(11)15)13(19)9(14(20)21)7-18(12)4-2/h3,5-7,17H,4H2,1-2H3,(H,20,21)/b16-3-. The number of hydrogen-bond donors (Lipinski definition) is 2. The highest BCUT2D eigenvalue weighted by Gasteiger charge is 2.16. The number of carboxylic acid groups (broad SMARTS) is 1. The number of rotatable bonds is 4. The van der Waals surface area contributed by atoms with E-state index in [2.05, 4.69) is 10.5 Å². The van der Waals surface area contributed by atoms with E-state index in [1.807, 2.05) is 0 Å². The van der Waals surface area contributed by atoms with Gasteiger partial charge in [-0.3, -0.25) is 10.2 Å². The van der Waals surface area contributed by atoms with Crippen LogP contribution in [-0.4, -0.2) is 21.9 Å². The maximum Gasteiger partial charge on any atom is 0.341 e. The highest BCUT2D eigenvalue weighted by Crippen LogP contribution is 2.22. The van der Waals surface area contributed by atoms with Crippen molar-refractivity contribution >= 4 is 28.8 Å². The van der Waals surface area contributed by atoms with E-state index in [1.165, 1.54) is 18.5 Å². The van der Waals surface area contributed by atoms with E-state index in [-0.39, 0.29) is 16.6 Å². The lowest BCUT2D eigenvalue weighted by Crippen LogP contribution is -2.19. The van der Waals surface area contributed by atoms with Gasteiger partial charge in [0.05, 0.1) is 11.2 Å². The lowest BCUT2D eigenvalue weighted by Gasteiger charge is -2.12. The molecule has 2 N–H and O–H groups in total. The van der Waals surface area contributed by atoms with Gasteiger partial charge in [0.15, 0.2) is 0 Å². The summed E-state index contributed by atoms with van der Waals surface area (Å²) in [4.78, 5) is 23.2. The largest absolute Gasteiger partial charge is 0.477 e. The van der Waals surface area contributed by atoms with E-state index in [1.54, 1.807) is 18.4 Å². The third-order valence-electron chi connectivity index (χ3n) is 3.05. The molecule has 0 radical (unpaired) electrons. The second kappa shape index (κ2) is 5.74. The van der Waals surface area contributed by atoms with Gasteiger partial charge in [0.25, 0.3) is 0 Å². The van der Waals surface area contributed by atoms with Gasteiger partial charge in [-0.05, 0) is 26.0 Å². The molecule has 21 heavy (non-hydrogen) atoms. The van der Waals surface area contributed by atoms with Crippen LogP contribution in [0.25, 0.3) is 10.9 Å². The number of aromatic carboxylic acids is 1. The second-order valence-electron chi connectivity index (χ2n) is 4.31. The number of carbonyl (C=O) groups is 1. The number of aryl methyl sites for hydroxylation is 1. The Balaban J connectivity index is 2.81. The monoisotopic (exact) mass is 291 g/mol. The van der Waals surface area contributed by atoms with Gasteiger partial charge in [-0.1, -0.05) is 0 Å². The van der Waals surface area contributed by atoms with Crippen molar-refractivity contribution < 1.29 is 14.3 Å². The molecule has 0 aliphatic rings. The van der Waals surface area contributed by atoms with Gasteiger partial charge in [0.2, 0.25) is 5.43 Å². The Kier molecular flexibility index (Phi) is 4.02. The number of halogens is 1. The fourth-order valence-corrected chi connectivity index (χ4v) is 2.04. The number of nitrogens with zero attached hydrogens (tertiary/aromatic N) is 2. The van der Waals surface area contributed by atoms with Gasteiger partial charge >= 0.3 is 5.97 Å². The normalized spacial score (nSPS) is 11.2. The minimum atomic E-state index is -1.33. The molecule has 0 spiro atoms. The summed E-state index contributed by atoms with van der Waals surface area (Å²) in [7, 11) is 0. The molecule has 7 heteroatoms. The first-order chi connectivity index (χ1) is 9.99. The molecule has 1 aromatic carbocycles. The first-order valence-corrected chi connectivity index (χ1v) is 6.33. The van der Waals surface area contributed by atoms with E-state index in [4.69, 9.17) is 5.11 Å². The molecule has 0 aliphatic carbocycles. The number of aromatic nitrogens is 1. The minimum absolute atomic E-state index is 0.0280. The number of fused-ring (bicyclic) bond motifs is 1. The second-order valence-corrected chi connectivity index (χ2v) is 4.31. The predicted molar refractivity (Wildman–Crippen MR) is 78.6 cm³/mol. The molecule has 110 valence electrons. The predicted octanol–water partition coefficient (Wildman–Crippen LogP) is 2.28. The number of anilines is 1. The zero-order valence-electron chi connectivity index (χ0n) is 11.6. The molecule has 6 nitrogen and oxygen atoms in total. The molecule has 0 saturated heterocycles. The van der Waals surface area contributed by atoms with Crippen LogP contribution in [0.15, 0.2) is 28.2 Å². The summed E-state index contributed by atoms with van der Waals surface area (Å²) in [5.41, 5.74) is 2.01. The Morgan fingerprint density at radius 3 is 2.81 bits per heavy atom. The summed E-state index contributed by atoms with van der Waals surface area (Å²) in [5, 5.41) is 12.8. The number of hydrogen-bond acceptors (Lipinski definition) is 4. The van der Waals surface area contributed by atoms with Crippen LogP contribution in [0.5, 0.6) is 0 Å². The number of benzene rings is 1. The van der Waals surface area contributed by atoms with Crippen molar-refractivity contribution in [3.8, 4) is 0 Å². The van der Waals surface area contributed by atoms with Gasteiger partial charge < -0.3 is 9.67 Å². The summed E-state index contributed by atoms with van der Waals surface area (Å²) < 4.78 is 15.5. The van der Waals surface area contributed by atoms with Gasteiger partial charge in [-0.25, -0.2) is 9.18 Å². The van der Waals surface area contributed by atoms with Crippen molar-refractivity contribution in [3.05, 3.63) is 39.9 Å². The molecule has 0 aliphatic heterocycles. The van der Waals surface area contributed by atoms with Crippen molar-refractivity contribution in [2.75, 3.05) is 5.43 Å². The molecular weight excluding hydrogens is 277 g/mol. The van der Waals surface area contributed by atoms with Crippen LogP contribution < -0.4 is 10.9 Å². The average Bonchev–Trinajstić information content (AvgIpc) is 2.46. The van der Waals surface area contributed by atoms with Crippen LogP contribution in [0.4, 0.5) is 10.1 Å². The van der Waals surface area contributed by atoms with E-state index < -0.39 is 17.2 Å². The Hall–Kier alpha value is -2.70. The Labute approximate surface area is 119 Å². The molecule has 0 atom stereocenters. The van der Waals surface area contributed by atoms with Crippen LogP contribution in [-0.2, 0) is 6.54 Å². The molecule has 0 unspecified atom stereocenters. The maximum absolute atomic E-state index is 14.0. The van der Waals surface area contributed by atoms with Gasteiger partial charge in [-0.15, -0.1) is 0 Å². The number of carboxylic acids is 1. The highest BCUT2D eigenvalue weighted by atomic mass is 19.1. The lowest BCUT2D eigenvalue weighted by atomic mass is 10.1. The van der Waals surface area contributed by atoms with Crippen molar-refractivity contribution in [1.82, 2.24) is 4.57 Å². The molecule has 0 saturated carbocycles. The Bertz CT molecular complexity index is 796. The molecule has 0 amide bonds. The van der Waals surface area contributed by atoms with Crippen LogP contribution in [0, 0.1) is 5.82 Å². The number of hydrazone groups is 1. The van der Waals surface area contributed by atoms with Crippen molar-refractivity contribution in [2.24, 2.45) is 5.10 Å². The topological polar surface area (TPSA) is 83.7 Å². The zero-order valence-corrected chi connectivity index (χ0v) is 11.6. The molecule has 2 aromatic rings. The molecule has 2 rings (SSSR count). The van der Waals surface area contributed by atoms with Crippen LogP contribution in [0.2, 0.25) is 0 Å². The third kappa shape index (κ3) is 2.62. The highest BCUT2D eigenvalue weighted by molar-refractivity contribution is 5.93. The summed E-state index contributed by atoms with van der Waals surface area (Å²) >= 11 is 0. The third-order valence-corrected chi connectivity index (χ3v) is 3.05. The van der Waals surface area contributed by atoms with Crippen LogP contribution >= 0.6 is 0 Å². The Morgan fingerprint density at radius 1 is 1.52 bits per heavy atom. The quantitative estimate of drug-likeness (QED) is 0.668. The van der Waals surface area contributed by atoms with Gasteiger partial charge in [0.1, 0.15) is 11.4 Å². The fraction of sp³-hybridized carbons (Fsp3) is 0.214. The lowest BCUT2D eigenvalue weighted by molar-refractivity contribution is 0.0695. The first-order valence-electron chi connectivity index (χ1n) is 6.33. The van der Waals surface area contributed by atoms with Crippen molar-refractivity contribution in [1.29, 1.82) is 0 Å². The fourth-order valence-electron chi connectivity index (χ4n) is 2.04. The molecule has 0 bridgehead atoms. The van der Waals surface area contributed by atoms with Gasteiger partial charge in [0, 0.05) is 24.3 Å². The number of nitrogens with one attached hydrogen (secondary N) is 1. The summed E-state index contributed by atoms with van der Waals surface area (Å²) in [6.45, 7) is 3.92. The molecule has 1 heterocycles. The summed E-state index contributed by atoms with van der Waals surface area (Å²) in [6, 6.07) is 2.47. The van der Waals surface area contributed by atoms with E-state index in [9.17, 15) is 14.0 Å². The minimum Gasteiger partial charge on any atom is -0.477 e. The number of pyridine rings is 1. The first kappa shape index (κ1) is 14.7. The molecular formula is C14H14FN3O3. The van der Waals surface area contributed by atoms with E-state index in [0.29, 0.717) is 12.1 Å². The van der Waals surface area contributed by atoms with Gasteiger partial charge in [-0.2, -0.15) is 5.10 Å². The Morgan fingerprint density at radius 2 is 2.24 bits per heavy atom. The van der Waals surface area contributed by atoms with Crippen molar-refractivity contribution in [3.63, 3.8) is 0 Å². The average molecular weight is 291 g/mol. The summed E-state index contributed by atoms with van der Waals surface area (Å²) in [5.74, 6) is -2.00. The van der Waals surface area contributed by atoms with Crippen LogP contribution in [0.3, 0.4) is 0 Å². The maximum atomic E-state index is 14.0. The smallest absolute Gasteiger partial charge is 0.341 e. The van der Waals surface area contributed by atoms with E-state index in [0.717, 1.165) is 6.07 Å². The molecule has 0 fully saturated rings.